The van der Waals surface area contributed by atoms with Crippen molar-refractivity contribution < 1.29 is 0 Å². The normalized spacial score (nSPS) is 21.3. The van der Waals surface area contributed by atoms with Crippen LogP contribution in [0.25, 0.3) is 27.8 Å². The van der Waals surface area contributed by atoms with Crippen molar-refractivity contribution in [2.75, 3.05) is 5.73 Å². The van der Waals surface area contributed by atoms with Crippen LogP contribution in [-0.4, -0.2) is 25.2 Å². The largest absolute Gasteiger partial charge is 0.382 e. The smallest absolute Gasteiger partial charge is 0.150 e. The molecule has 10 heteroatoms. The molecule has 4 aromatic rings. The lowest BCUT2D eigenvalue weighted by atomic mass is 9.81. The number of fused-ring (bicyclic) bond motifs is 2. The summed E-state index contributed by atoms with van der Waals surface area (Å²) >= 11 is 6.38. The molecule has 1 aliphatic carbocycles. The Kier molecular flexibility index (Phi) is 4.25. The summed E-state index contributed by atoms with van der Waals surface area (Å²) in [5.74, 6) is 3.24. The molecule has 0 spiro atoms. The maximum absolute atomic E-state index is 6.38. The van der Waals surface area contributed by atoms with E-state index in [1.807, 2.05) is 24.4 Å². The summed E-state index contributed by atoms with van der Waals surface area (Å²) in [6.45, 7) is 0. The molecule has 4 heterocycles. The number of imidazole rings is 1. The van der Waals surface area contributed by atoms with Crippen LogP contribution >= 0.6 is 11.6 Å². The van der Waals surface area contributed by atoms with Gasteiger partial charge in [0.15, 0.2) is 0 Å². The summed E-state index contributed by atoms with van der Waals surface area (Å²) in [6, 6.07) is 7.93. The predicted octanol–water partition coefficient (Wildman–Crippen LogP) is 3.31. The fourth-order valence-electron chi connectivity index (χ4n) is 4.84. The van der Waals surface area contributed by atoms with Crippen LogP contribution in [0.3, 0.4) is 0 Å². The number of aromatic amines is 1. The molecule has 0 radical (unpaired) electrons. The zero-order chi connectivity index (χ0) is 20.9. The van der Waals surface area contributed by atoms with E-state index in [-0.39, 0.29) is 0 Å². The number of halogens is 1. The fourth-order valence-corrected chi connectivity index (χ4v) is 5.07. The van der Waals surface area contributed by atoms with Crippen LogP contribution in [0.5, 0.6) is 0 Å². The lowest BCUT2D eigenvalue weighted by Crippen LogP contribution is -2.38. The van der Waals surface area contributed by atoms with Crippen LogP contribution < -0.4 is 22.2 Å². The number of hydrazine groups is 2. The number of nitrogens with two attached hydrogens (primary N) is 1. The molecule has 31 heavy (non-hydrogen) atoms. The number of rotatable bonds is 3. The van der Waals surface area contributed by atoms with E-state index >= 15 is 0 Å². The number of amidine groups is 1. The van der Waals surface area contributed by atoms with E-state index in [1.165, 1.54) is 0 Å². The van der Waals surface area contributed by atoms with Gasteiger partial charge in [0.1, 0.15) is 28.7 Å². The first-order valence-electron chi connectivity index (χ1n) is 10.4. The van der Waals surface area contributed by atoms with E-state index < -0.39 is 0 Å². The number of hydrazone groups is 1. The van der Waals surface area contributed by atoms with Crippen molar-refractivity contribution in [3.05, 3.63) is 47.5 Å². The van der Waals surface area contributed by atoms with Crippen molar-refractivity contribution >= 4 is 39.7 Å². The van der Waals surface area contributed by atoms with E-state index in [0.717, 1.165) is 65.2 Å². The molecule has 3 aromatic heterocycles. The molecule has 0 amide bonds. The van der Waals surface area contributed by atoms with Crippen molar-refractivity contribution in [2.24, 2.45) is 11.0 Å². The quantitative estimate of drug-likeness (QED) is 0.336. The summed E-state index contributed by atoms with van der Waals surface area (Å²) in [7, 11) is 0. The number of nitrogen functional groups attached to an aromatic ring is 1. The monoisotopic (exact) mass is 435 g/mol. The molecule has 2 aliphatic rings. The number of H-pyrrole nitrogens is 1. The van der Waals surface area contributed by atoms with Crippen LogP contribution in [0.4, 0.5) is 5.82 Å². The van der Waals surface area contributed by atoms with Gasteiger partial charge in [-0.1, -0.05) is 23.7 Å². The minimum atomic E-state index is 0.343. The number of nitrogens with one attached hydrogen (secondary N) is 4. The van der Waals surface area contributed by atoms with Crippen LogP contribution in [0.15, 0.2) is 41.8 Å². The molecule has 6 N–H and O–H groups in total. The molecule has 0 saturated heterocycles. The Hall–Kier alpha value is -3.30. The third-order valence-corrected chi connectivity index (χ3v) is 6.69. The highest BCUT2D eigenvalue weighted by Crippen LogP contribution is 2.39. The van der Waals surface area contributed by atoms with Gasteiger partial charge in [-0.25, -0.2) is 15.5 Å². The van der Waals surface area contributed by atoms with Crippen molar-refractivity contribution in [1.82, 2.24) is 35.8 Å². The maximum Gasteiger partial charge on any atom is 0.150 e. The summed E-state index contributed by atoms with van der Waals surface area (Å²) in [5.41, 5.74) is 18.4. The molecule has 1 saturated carbocycles. The average molecular weight is 436 g/mol. The van der Waals surface area contributed by atoms with Gasteiger partial charge in [0.2, 0.25) is 0 Å². The zero-order valence-corrected chi connectivity index (χ0v) is 17.4. The van der Waals surface area contributed by atoms with Crippen molar-refractivity contribution in [2.45, 2.75) is 31.6 Å². The molecular weight excluding hydrogens is 414 g/mol. The number of hydrogen-bond donors (Lipinski definition) is 5. The first-order chi connectivity index (χ1) is 15.2. The van der Waals surface area contributed by atoms with Gasteiger partial charge in [0.25, 0.3) is 0 Å². The molecule has 0 atom stereocenters. The number of anilines is 1. The highest BCUT2D eigenvalue weighted by atomic mass is 35.5. The van der Waals surface area contributed by atoms with Crippen molar-refractivity contribution in [3.63, 3.8) is 0 Å². The Balaban J connectivity index is 1.40. The second-order valence-corrected chi connectivity index (χ2v) is 8.55. The first-order valence-corrected chi connectivity index (χ1v) is 10.8. The summed E-state index contributed by atoms with van der Waals surface area (Å²) < 4.78 is 2.10. The van der Waals surface area contributed by atoms with Crippen LogP contribution in [-0.2, 0) is 0 Å². The van der Waals surface area contributed by atoms with Crippen molar-refractivity contribution in [1.29, 1.82) is 0 Å². The SMILES string of the molecule is Nc1nccn2c1c(-c1cc3cccc(Cl)c3[nH]1)nc2[C@H]1CC[C@H](C2=NNNN2)CC1. The minimum absolute atomic E-state index is 0.343. The van der Waals surface area contributed by atoms with Gasteiger partial charge in [-0.3, -0.25) is 9.83 Å². The Morgan fingerprint density at radius 3 is 2.74 bits per heavy atom. The van der Waals surface area contributed by atoms with Crippen molar-refractivity contribution in [3.8, 4) is 11.4 Å². The van der Waals surface area contributed by atoms with Gasteiger partial charge in [-0.2, -0.15) is 0 Å². The molecule has 0 unspecified atom stereocenters. The van der Waals surface area contributed by atoms with Gasteiger partial charge in [0.05, 0.1) is 16.2 Å². The number of hydrogen-bond acceptors (Lipinski definition) is 7. The van der Waals surface area contributed by atoms with Gasteiger partial charge in [0, 0.05) is 29.6 Å². The molecule has 9 nitrogen and oxygen atoms in total. The Bertz CT molecular complexity index is 1310. The molecule has 6 rings (SSSR count). The number of benzene rings is 1. The summed E-state index contributed by atoms with van der Waals surface area (Å²) in [6.07, 6.45) is 7.85. The Morgan fingerprint density at radius 1 is 1.13 bits per heavy atom. The lowest BCUT2D eigenvalue weighted by molar-refractivity contribution is 0.376. The molecule has 1 fully saturated rings. The standard InChI is InChI=1S/C21H22ClN9/c22-14-3-1-2-13-10-15(25-16(13)14)17-18-19(23)24-8-9-31(18)21(26-17)12-6-4-11(5-7-12)20-27-29-30-28-20/h1-3,8-12,25,29-30H,4-7H2,(H2,23,24)(H,27,28)/t11-,12-. The third-order valence-electron chi connectivity index (χ3n) is 6.37. The van der Waals surface area contributed by atoms with E-state index in [4.69, 9.17) is 22.3 Å². The topological polar surface area (TPSA) is 120 Å². The average Bonchev–Trinajstić information content (AvgIpc) is 3.53. The van der Waals surface area contributed by atoms with Gasteiger partial charge >= 0.3 is 0 Å². The molecule has 158 valence electrons. The van der Waals surface area contributed by atoms with E-state index in [1.54, 1.807) is 6.20 Å². The van der Waals surface area contributed by atoms with E-state index in [2.05, 4.69) is 42.0 Å². The Labute approximate surface area is 183 Å². The van der Waals surface area contributed by atoms with E-state index in [9.17, 15) is 0 Å². The predicted molar refractivity (Wildman–Crippen MR) is 121 cm³/mol. The highest BCUT2D eigenvalue weighted by Gasteiger charge is 2.30. The second-order valence-electron chi connectivity index (χ2n) is 8.14. The van der Waals surface area contributed by atoms with Gasteiger partial charge in [-0.15, -0.1) is 10.6 Å². The molecule has 1 aliphatic heterocycles. The number of aromatic nitrogens is 4. The second kappa shape index (κ2) is 7.14. The van der Waals surface area contributed by atoms with Crippen LogP contribution in [0, 0.1) is 5.92 Å². The van der Waals surface area contributed by atoms with Gasteiger partial charge < -0.3 is 10.7 Å². The molecular formula is C21H22ClN9. The number of para-hydroxylation sites is 1. The van der Waals surface area contributed by atoms with Gasteiger partial charge in [-0.05, 0) is 37.8 Å². The van der Waals surface area contributed by atoms with Crippen LogP contribution in [0.1, 0.15) is 37.4 Å². The fraction of sp³-hybridized carbons (Fsp3) is 0.286. The first kappa shape index (κ1) is 18.5. The van der Waals surface area contributed by atoms with E-state index in [0.29, 0.717) is 22.7 Å². The summed E-state index contributed by atoms with van der Waals surface area (Å²) in [4.78, 5) is 12.8. The minimum Gasteiger partial charge on any atom is -0.382 e. The number of nitrogens with zero attached hydrogens (tertiary/aromatic N) is 4. The molecule has 0 bridgehead atoms. The summed E-state index contributed by atoms with van der Waals surface area (Å²) in [5, 5.41) is 6.00. The maximum atomic E-state index is 6.38. The van der Waals surface area contributed by atoms with Crippen LogP contribution in [0.2, 0.25) is 5.02 Å². The Morgan fingerprint density at radius 2 is 1.97 bits per heavy atom. The highest BCUT2D eigenvalue weighted by molar-refractivity contribution is 6.35. The third kappa shape index (κ3) is 3.00. The zero-order valence-electron chi connectivity index (χ0n) is 16.7. The lowest BCUT2D eigenvalue weighted by Gasteiger charge is -2.27. The molecule has 1 aromatic carbocycles.